The maximum atomic E-state index is 11.5. The van der Waals surface area contributed by atoms with E-state index >= 15 is 0 Å². The number of fused-ring (bicyclic) bond motifs is 1. The van der Waals surface area contributed by atoms with Crippen molar-refractivity contribution in [1.82, 2.24) is 4.90 Å². The normalized spacial score (nSPS) is 21.0. The molecule has 1 fully saturated rings. The molecule has 21 heavy (non-hydrogen) atoms. The van der Waals surface area contributed by atoms with Crippen molar-refractivity contribution < 1.29 is 4.79 Å². The number of hydrogen-bond donors (Lipinski definition) is 2. The molecule has 5 heteroatoms. The molecular weight excluding hydrogens is 264 g/mol. The molecule has 114 valence electrons. The maximum Gasteiger partial charge on any atom is 0.228 e. The lowest BCUT2D eigenvalue weighted by molar-refractivity contribution is -0.115. The van der Waals surface area contributed by atoms with Gasteiger partial charge in [-0.2, -0.15) is 0 Å². The SMILES string of the molecule is CCN(CC)C1CCN(c2cc3c(cc2N)CC(=O)N3)C1. The van der Waals surface area contributed by atoms with E-state index in [9.17, 15) is 4.79 Å². The highest BCUT2D eigenvalue weighted by atomic mass is 16.1. The number of carbonyl (C=O) groups is 1. The van der Waals surface area contributed by atoms with Crippen molar-refractivity contribution in [3.63, 3.8) is 0 Å². The Labute approximate surface area is 126 Å². The van der Waals surface area contributed by atoms with Gasteiger partial charge >= 0.3 is 0 Å². The minimum atomic E-state index is 0.0592. The van der Waals surface area contributed by atoms with Gasteiger partial charge in [-0.15, -0.1) is 0 Å². The second-order valence-electron chi connectivity index (χ2n) is 5.90. The Morgan fingerprint density at radius 1 is 1.38 bits per heavy atom. The number of likely N-dealkylation sites (N-methyl/N-ethyl adjacent to an activating group) is 1. The summed E-state index contributed by atoms with van der Waals surface area (Å²) < 4.78 is 0. The van der Waals surface area contributed by atoms with Crippen LogP contribution in [0.15, 0.2) is 12.1 Å². The van der Waals surface area contributed by atoms with Crippen molar-refractivity contribution in [1.29, 1.82) is 0 Å². The number of nitrogens with one attached hydrogen (secondary N) is 1. The molecule has 2 aliphatic rings. The van der Waals surface area contributed by atoms with Crippen LogP contribution in [-0.2, 0) is 11.2 Å². The van der Waals surface area contributed by atoms with E-state index in [1.165, 1.54) is 6.42 Å². The smallest absolute Gasteiger partial charge is 0.228 e. The Hall–Kier alpha value is -1.75. The van der Waals surface area contributed by atoms with Crippen LogP contribution < -0.4 is 16.0 Å². The lowest BCUT2D eigenvalue weighted by Crippen LogP contribution is -2.37. The number of anilines is 3. The first-order valence-electron chi connectivity index (χ1n) is 7.83. The van der Waals surface area contributed by atoms with Crippen LogP contribution in [0.2, 0.25) is 0 Å². The summed E-state index contributed by atoms with van der Waals surface area (Å²) in [5, 5.41) is 2.91. The molecule has 1 aromatic carbocycles. The summed E-state index contributed by atoms with van der Waals surface area (Å²) in [5.41, 5.74) is 10.00. The summed E-state index contributed by atoms with van der Waals surface area (Å²) in [7, 11) is 0. The van der Waals surface area contributed by atoms with E-state index in [2.05, 4.69) is 29.0 Å². The van der Waals surface area contributed by atoms with E-state index in [0.717, 1.165) is 48.8 Å². The lowest BCUT2D eigenvalue weighted by Gasteiger charge is -2.27. The predicted octanol–water partition coefficient (Wildman–Crippen LogP) is 1.68. The Morgan fingerprint density at radius 3 is 2.86 bits per heavy atom. The van der Waals surface area contributed by atoms with Gasteiger partial charge in [-0.1, -0.05) is 13.8 Å². The molecule has 2 aliphatic heterocycles. The fraction of sp³-hybridized carbons (Fsp3) is 0.562. The fourth-order valence-corrected chi connectivity index (χ4v) is 3.55. The zero-order valence-corrected chi connectivity index (χ0v) is 12.9. The first-order chi connectivity index (χ1) is 10.1. The first-order valence-corrected chi connectivity index (χ1v) is 7.83. The molecular formula is C16H24N4O. The minimum absolute atomic E-state index is 0.0592. The molecule has 1 aromatic rings. The van der Waals surface area contributed by atoms with E-state index in [4.69, 9.17) is 5.73 Å². The monoisotopic (exact) mass is 288 g/mol. The highest BCUT2D eigenvalue weighted by Crippen LogP contribution is 2.35. The second-order valence-corrected chi connectivity index (χ2v) is 5.90. The van der Waals surface area contributed by atoms with Gasteiger partial charge in [0.1, 0.15) is 0 Å². The molecule has 0 spiro atoms. The maximum absolute atomic E-state index is 11.5. The summed E-state index contributed by atoms with van der Waals surface area (Å²) in [5.74, 6) is 0.0592. The fourth-order valence-electron chi connectivity index (χ4n) is 3.55. The van der Waals surface area contributed by atoms with Crippen molar-refractivity contribution >= 4 is 23.0 Å². The molecule has 3 N–H and O–H groups in total. The third-order valence-corrected chi connectivity index (χ3v) is 4.71. The van der Waals surface area contributed by atoms with Gasteiger partial charge in [0.15, 0.2) is 0 Å². The van der Waals surface area contributed by atoms with E-state index < -0.39 is 0 Å². The number of rotatable bonds is 4. The molecule has 0 saturated carbocycles. The zero-order valence-electron chi connectivity index (χ0n) is 12.9. The average molecular weight is 288 g/mol. The van der Waals surface area contributed by atoms with Gasteiger partial charge in [-0.3, -0.25) is 9.69 Å². The van der Waals surface area contributed by atoms with Crippen LogP contribution in [0.5, 0.6) is 0 Å². The van der Waals surface area contributed by atoms with Gasteiger partial charge in [0, 0.05) is 24.8 Å². The summed E-state index contributed by atoms with van der Waals surface area (Å²) in [6.45, 7) is 8.64. The number of amides is 1. The van der Waals surface area contributed by atoms with Crippen molar-refractivity contribution in [3.05, 3.63) is 17.7 Å². The number of nitrogens with zero attached hydrogens (tertiary/aromatic N) is 2. The lowest BCUT2D eigenvalue weighted by atomic mass is 10.1. The van der Waals surface area contributed by atoms with Gasteiger partial charge in [0.05, 0.1) is 17.8 Å². The highest BCUT2D eigenvalue weighted by Gasteiger charge is 2.28. The molecule has 1 saturated heterocycles. The minimum Gasteiger partial charge on any atom is -0.397 e. The number of nitrogens with two attached hydrogens (primary N) is 1. The molecule has 0 aromatic heterocycles. The van der Waals surface area contributed by atoms with Gasteiger partial charge in [0.25, 0.3) is 0 Å². The Bertz CT molecular complexity index is 553. The van der Waals surface area contributed by atoms with Crippen LogP contribution in [0.3, 0.4) is 0 Å². The molecule has 1 unspecified atom stereocenters. The molecule has 3 rings (SSSR count). The summed E-state index contributed by atoms with van der Waals surface area (Å²) >= 11 is 0. The predicted molar refractivity (Wildman–Crippen MR) is 86.7 cm³/mol. The van der Waals surface area contributed by atoms with E-state index in [-0.39, 0.29) is 5.91 Å². The van der Waals surface area contributed by atoms with Crippen molar-refractivity contribution in [3.8, 4) is 0 Å². The number of benzene rings is 1. The van der Waals surface area contributed by atoms with Gasteiger partial charge < -0.3 is 16.0 Å². The van der Waals surface area contributed by atoms with E-state index in [1.54, 1.807) is 0 Å². The van der Waals surface area contributed by atoms with Crippen LogP contribution >= 0.6 is 0 Å². The van der Waals surface area contributed by atoms with Crippen molar-refractivity contribution in [2.45, 2.75) is 32.7 Å². The van der Waals surface area contributed by atoms with Crippen LogP contribution in [0.1, 0.15) is 25.8 Å². The van der Waals surface area contributed by atoms with E-state index in [0.29, 0.717) is 12.5 Å². The standard InChI is InChI=1S/C16H24N4O/c1-3-19(4-2)12-5-6-20(10-12)15-9-14-11(7-13(15)17)8-16(21)18-14/h7,9,12H,3-6,8,10,17H2,1-2H3,(H,18,21). The van der Waals surface area contributed by atoms with Crippen LogP contribution in [0.25, 0.3) is 0 Å². The number of hydrogen-bond acceptors (Lipinski definition) is 4. The summed E-state index contributed by atoms with van der Waals surface area (Å²) in [6, 6.07) is 4.59. The zero-order chi connectivity index (χ0) is 15.0. The summed E-state index contributed by atoms with van der Waals surface area (Å²) in [6.07, 6.45) is 1.62. The quantitative estimate of drug-likeness (QED) is 0.828. The second kappa shape index (κ2) is 5.56. The summed E-state index contributed by atoms with van der Waals surface area (Å²) in [4.78, 5) is 16.3. The largest absolute Gasteiger partial charge is 0.397 e. The van der Waals surface area contributed by atoms with Crippen molar-refractivity contribution in [2.24, 2.45) is 0 Å². The van der Waals surface area contributed by atoms with Crippen LogP contribution in [0, 0.1) is 0 Å². The molecule has 0 aliphatic carbocycles. The number of nitrogen functional groups attached to an aromatic ring is 1. The van der Waals surface area contributed by atoms with Crippen LogP contribution in [-0.4, -0.2) is 43.0 Å². The molecule has 0 radical (unpaired) electrons. The Kier molecular flexibility index (Phi) is 3.76. The topological polar surface area (TPSA) is 61.6 Å². The van der Waals surface area contributed by atoms with E-state index in [1.807, 2.05) is 12.1 Å². The number of carbonyl (C=O) groups excluding carboxylic acids is 1. The molecule has 2 heterocycles. The first kappa shape index (κ1) is 14.2. The van der Waals surface area contributed by atoms with Gasteiger partial charge in [0.2, 0.25) is 5.91 Å². The van der Waals surface area contributed by atoms with Gasteiger partial charge in [-0.25, -0.2) is 0 Å². The molecule has 5 nitrogen and oxygen atoms in total. The van der Waals surface area contributed by atoms with Crippen molar-refractivity contribution in [2.75, 3.05) is 42.1 Å². The average Bonchev–Trinajstić information content (AvgIpc) is 3.05. The Balaban J connectivity index is 1.80. The molecule has 1 atom stereocenters. The third kappa shape index (κ3) is 2.58. The molecule has 1 amide bonds. The van der Waals surface area contributed by atoms with Gasteiger partial charge in [-0.05, 0) is 37.2 Å². The highest BCUT2D eigenvalue weighted by molar-refractivity contribution is 6.00. The third-order valence-electron chi connectivity index (χ3n) is 4.71. The van der Waals surface area contributed by atoms with Crippen LogP contribution in [0.4, 0.5) is 17.1 Å². The Morgan fingerprint density at radius 2 is 2.14 bits per heavy atom. The molecule has 0 bridgehead atoms.